The molecule has 3 aromatic rings. The number of rotatable bonds is 5. The second-order valence-electron chi connectivity index (χ2n) is 8.08. The Hall–Kier alpha value is -4.24. The van der Waals surface area contributed by atoms with Crippen molar-refractivity contribution in [3.8, 4) is 6.07 Å². The van der Waals surface area contributed by atoms with Crippen LogP contribution in [0.2, 0.25) is 0 Å². The molecule has 2 N–H and O–H groups in total. The Balaban J connectivity index is 1.73. The molecule has 0 saturated heterocycles. The SMILES string of the molecule is CC(N)=C(C#N)C(=O)COC(=O)c1c2c(nc3ccccc13)C(=Cc1ccc(C)cc1)CC2. The summed E-state index contributed by atoms with van der Waals surface area (Å²) in [5.41, 5.74) is 11.5. The van der Waals surface area contributed by atoms with Gasteiger partial charge in [-0.05, 0) is 55.5 Å². The van der Waals surface area contributed by atoms with Crippen molar-refractivity contribution in [3.05, 3.63) is 87.7 Å². The zero-order chi connectivity index (χ0) is 23.5. The smallest absolute Gasteiger partial charge is 0.339 e. The summed E-state index contributed by atoms with van der Waals surface area (Å²) in [5.74, 6) is -1.23. The van der Waals surface area contributed by atoms with Crippen LogP contribution in [0.5, 0.6) is 0 Å². The summed E-state index contributed by atoms with van der Waals surface area (Å²) in [7, 11) is 0. The number of nitrogens with two attached hydrogens (primary N) is 1. The van der Waals surface area contributed by atoms with E-state index in [2.05, 4.69) is 30.3 Å². The number of nitriles is 1. The number of hydrogen-bond acceptors (Lipinski definition) is 6. The zero-order valence-electron chi connectivity index (χ0n) is 18.5. The summed E-state index contributed by atoms with van der Waals surface area (Å²) in [6.07, 6.45) is 3.49. The average molecular weight is 437 g/mol. The second-order valence-corrected chi connectivity index (χ2v) is 8.08. The van der Waals surface area contributed by atoms with Crippen molar-refractivity contribution in [1.82, 2.24) is 4.98 Å². The zero-order valence-corrected chi connectivity index (χ0v) is 18.5. The number of carbonyl (C=O) groups is 2. The molecule has 1 aliphatic carbocycles. The molecule has 0 fully saturated rings. The standard InChI is InChI=1S/C27H23N3O3/c1-16-7-9-18(10-8-16)13-19-11-12-21-25(20-5-3-4-6-23(20)30-26(19)21)27(32)33-15-24(31)22(14-28)17(2)29/h3-10,13H,11-12,15,29H2,1-2H3. The van der Waals surface area contributed by atoms with Crippen LogP contribution in [0, 0.1) is 18.3 Å². The fourth-order valence-corrected chi connectivity index (χ4v) is 4.02. The van der Waals surface area contributed by atoms with Crippen LogP contribution in [0.25, 0.3) is 22.6 Å². The highest BCUT2D eigenvalue weighted by Gasteiger charge is 2.28. The van der Waals surface area contributed by atoms with Crippen LogP contribution in [0.15, 0.2) is 59.8 Å². The monoisotopic (exact) mass is 437 g/mol. The number of allylic oxidation sites excluding steroid dienone is 2. The Morgan fingerprint density at radius 1 is 1.15 bits per heavy atom. The van der Waals surface area contributed by atoms with Crippen LogP contribution in [-0.2, 0) is 16.0 Å². The summed E-state index contributed by atoms with van der Waals surface area (Å²) in [5, 5.41) is 9.80. The molecule has 2 aromatic carbocycles. The van der Waals surface area contributed by atoms with E-state index >= 15 is 0 Å². The number of ketones is 1. The number of benzene rings is 2. The maximum atomic E-state index is 13.2. The first kappa shape index (κ1) is 22.0. The van der Waals surface area contributed by atoms with Crippen LogP contribution >= 0.6 is 0 Å². The molecule has 6 nitrogen and oxygen atoms in total. The van der Waals surface area contributed by atoms with Gasteiger partial charge in [0.15, 0.2) is 6.61 Å². The Labute approximate surface area is 192 Å². The van der Waals surface area contributed by atoms with Gasteiger partial charge in [0.05, 0.1) is 16.8 Å². The number of ether oxygens (including phenoxy) is 1. The molecule has 0 atom stereocenters. The minimum absolute atomic E-state index is 0.0969. The predicted molar refractivity (Wildman–Crippen MR) is 127 cm³/mol. The lowest BCUT2D eigenvalue weighted by Crippen LogP contribution is -2.19. The van der Waals surface area contributed by atoms with Crippen LogP contribution < -0.4 is 5.73 Å². The number of aromatic nitrogens is 1. The molecular weight excluding hydrogens is 414 g/mol. The fraction of sp³-hybridized carbons (Fsp3) is 0.185. The summed E-state index contributed by atoms with van der Waals surface area (Å²) in [4.78, 5) is 30.3. The second kappa shape index (κ2) is 9.09. The van der Waals surface area contributed by atoms with Gasteiger partial charge in [-0.2, -0.15) is 5.26 Å². The topological polar surface area (TPSA) is 106 Å². The van der Waals surface area contributed by atoms with E-state index < -0.39 is 18.4 Å². The number of nitrogens with zero attached hydrogens (tertiary/aromatic N) is 2. The molecular formula is C27H23N3O3. The Morgan fingerprint density at radius 2 is 1.88 bits per heavy atom. The van der Waals surface area contributed by atoms with Crippen molar-refractivity contribution in [2.75, 3.05) is 6.61 Å². The van der Waals surface area contributed by atoms with Crippen molar-refractivity contribution in [2.24, 2.45) is 5.73 Å². The van der Waals surface area contributed by atoms with E-state index in [9.17, 15) is 9.59 Å². The van der Waals surface area contributed by atoms with Crippen molar-refractivity contribution in [3.63, 3.8) is 0 Å². The molecule has 164 valence electrons. The number of aryl methyl sites for hydroxylation is 1. The van der Waals surface area contributed by atoms with Gasteiger partial charge in [0.25, 0.3) is 0 Å². The molecule has 1 aliphatic rings. The van der Waals surface area contributed by atoms with Gasteiger partial charge in [-0.15, -0.1) is 0 Å². The Morgan fingerprint density at radius 3 is 2.58 bits per heavy atom. The minimum atomic E-state index is -0.624. The van der Waals surface area contributed by atoms with E-state index in [4.69, 9.17) is 20.7 Å². The van der Waals surface area contributed by atoms with Gasteiger partial charge >= 0.3 is 5.97 Å². The number of para-hydroxylation sites is 1. The molecule has 0 unspecified atom stereocenters. The Bertz CT molecular complexity index is 1370. The quantitative estimate of drug-likeness (QED) is 0.358. The maximum Gasteiger partial charge on any atom is 0.339 e. The number of pyridine rings is 1. The number of esters is 1. The Kier molecular flexibility index (Phi) is 6.05. The number of hydrogen-bond donors (Lipinski definition) is 1. The third kappa shape index (κ3) is 4.39. The maximum absolute atomic E-state index is 13.2. The van der Waals surface area contributed by atoms with Crippen LogP contribution in [0.4, 0.5) is 0 Å². The molecule has 4 rings (SSSR count). The molecule has 1 aromatic heterocycles. The number of fused-ring (bicyclic) bond motifs is 2. The molecule has 6 heteroatoms. The molecule has 0 spiro atoms. The molecule has 0 amide bonds. The summed E-state index contributed by atoms with van der Waals surface area (Å²) < 4.78 is 5.35. The molecule has 1 heterocycles. The van der Waals surface area contributed by atoms with Gasteiger partial charge in [0, 0.05) is 11.1 Å². The van der Waals surface area contributed by atoms with Gasteiger partial charge in [0.2, 0.25) is 5.78 Å². The minimum Gasteiger partial charge on any atom is -0.454 e. The number of Topliss-reactive ketones (excluding diaryl/α,β-unsaturated/α-hetero) is 1. The first-order valence-electron chi connectivity index (χ1n) is 10.6. The highest BCUT2D eigenvalue weighted by molar-refractivity contribution is 6.08. The van der Waals surface area contributed by atoms with Crippen molar-refractivity contribution >= 4 is 34.3 Å². The molecule has 0 aliphatic heterocycles. The normalized spacial score (nSPS) is 14.5. The van der Waals surface area contributed by atoms with Crippen LogP contribution in [-0.4, -0.2) is 23.3 Å². The molecule has 0 radical (unpaired) electrons. The van der Waals surface area contributed by atoms with Crippen molar-refractivity contribution in [2.45, 2.75) is 26.7 Å². The highest BCUT2D eigenvalue weighted by atomic mass is 16.5. The lowest BCUT2D eigenvalue weighted by Gasteiger charge is -2.12. The van der Waals surface area contributed by atoms with Gasteiger partial charge in [0.1, 0.15) is 11.6 Å². The molecule has 0 bridgehead atoms. The van der Waals surface area contributed by atoms with E-state index in [1.165, 1.54) is 12.5 Å². The largest absolute Gasteiger partial charge is 0.454 e. The number of carbonyl (C=O) groups excluding carboxylic acids is 2. The summed E-state index contributed by atoms with van der Waals surface area (Å²) in [6, 6.07) is 17.4. The van der Waals surface area contributed by atoms with E-state index in [-0.39, 0.29) is 11.3 Å². The van der Waals surface area contributed by atoms with Crippen LogP contribution in [0.3, 0.4) is 0 Å². The summed E-state index contributed by atoms with van der Waals surface area (Å²) >= 11 is 0. The van der Waals surface area contributed by atoms with Gasteiger partial charge < -0.3 is 10.5 Å². The van der Waals surface area contributed by atoms with Crippen molar-refractivity contribution in [1.29, 1.82) is 5.26 Å². The van der Waals surface area contributed by atoms with E-state index in [0.29, 0.717) is 22.9 Å². The average Bonchev–Trinajstić information content (AvgIpc) is 3.19. The first-order valence-corrected chi connectivity index (χ1v) is 10.6. The highest BCUT2D eigenvalue weighted by Crippen LogP contribution is 2.37. The summed E-state index contributed by atoms with van der Waals surface area (Å²) in [6.45, 7) is 2.96. The van der Waals surface area contributed by atoms with E-state index in [0.717, 1.165) is 28.8 Å². The first-order chi connectivity index (χ1) is 15.9. The van der Waals surface area contributed by atoms with Gasteiger partial charge in [-0.3, -0.25) is 4.79 Å². The third-order valence-corrected chi connectivity index (χ3v) is 5.68. The van der Waals surface area contributed by atoms with Crippen LogP contribution in [0.1, 0.15) is 46.1 Å². The van der Waals surface area contributed by atoms with Gasteiger partial charge in [-0.25, -0.2) is 9.78 Å². The van der Waals surface area contributed by atoms with Gasteiger partial charge in [-0.1, -0.05) is 48.0 Å². The molecule has 0 saturated carbocycles. The fourth-order valence-electron chi connectivity index (χ4n) is 4.02. The predicted octanol–water partition coefficient (Wildman–Crippen LogP) is 4.51. The molecule has 33 heavy (non-hydrogen) atoms. The van der Waals surface area contributed by atoms with E-state index in [1.807, 2.05) is 31.2 Å². The third-order valence-electron chi connectivity index (χ3n) is 5.68. The van der Waals surface area contributed by atoms with Crippen molar-refractivity contribution < 1.29 is 14.3 Å². The van der Waals surface area contributed by atoms with E-state index in [1.54, 1.807) is 6.07 Å². The lowest BCUT2D eigenvalue weighted by molar-refractivity contribution is -0.118. The lowest BCUT2D eigenvalue weighted by atomic mass is 10.0.